The Kier molecular flexibility index (Phi) is 6.16. The Morgan fingerprint density at radius 2 is 2.07 bits per heavy atom. The van der Waals surface area contributed by atoms with E-state index in [2.05, 4.69) is 38.5 Å². The third-order valence-corrected chi connectivity index (χ3v) is 4.77. The first-order valence-corrected chi connectivity index (χ1v) is 9.33. The maximum atomic E-state index is 9.56. The number of anilines is 3. The number of aromatic nitrogens is 2. The van der Waals surface area contributed by atoms with Gasteiger partial charge in [0.1, 0.15) is 11.9 Å². The molecule has 148 valence electrons. The van der Waals surface area contributed by atoms with E-state index in [-0.39, 0.29) is 5.92 Å². The lowest BCUT2D eigenvalue weighted by atomic mass is 9.94. The molecule has 0 radical (unpaired) electrons. The van der Waals surface area contributed by atoms with Gasteiger partial charge in [0.05, 0.1) is 7.11 Å². The summed E-state index contributed by atoms with van der Waals surface area (Å²) in [5, 5.41) is 15.8. The minimum Gasteiger partial charge on any atom is -0.493 e. The summed E-state index contributed by atoms with van der Waals surface area (Å²) in [6.45, 7) is 6.76. The van der Waals surface area contributed by atoms with Gasteiger partial charge in [-0.25, -0.2) is 4.98 Å². The molecule has 0 saturated carbocycles. The highest BCUT2D eigenvalue weighted by atomic mass is 16.5. The van der Waals surface area contributed by atoms with Gasteiger partial charge in [-0.15, -0.1) is 0 Å². The Bertz CT molecular complexity index is 860. The molecule has 0 bridgehead atoms. The average molecular weight is 382 g/mol. The molecule has 1 aromatic heterocycles. The van der Waals surface area contributed by atoms with E-state index >= 15 is 0 Å². The van der Waals surface area contributed by atoms with E-state index in [0.29, 0.717) is 17.4 Å². The van der Waals surface area contributed by atoms with Crippen LogP contribution in [0.25, 0.3) is 0 Å². The van der Waals surface area contributed by atoms with Gasteiger partial charge in [0, 0.05) is 49.6 Å². The molecule has 2 N–H and O–H groups in total. The van der Waals surface area contributed by atoms with Crippen molar-refractivity contribution in [1.82, 2.24) is 14.9 Å². The van der Waals surface area contributed by atoms with Crippen LogP contribution in [0.1, 0.15) is 12.6 Å². The van der Waals surface area contributed by atoms with Crippen LogP contribution >= 0.6 is 0 Å². The van der Waals surface area contributed by atoms with Gasteiger partial charge >= 0.3 is 0 Å². The molecule has 1 aromatic carbocycles. The summed E-state index contributed by atoms with van der Waals surface area (Å²) in [7, 11) is 3.40. The number of hydrogen-bond donors (Lipinski definition) is 2. The van der Waals surface area contributed by atoms with E-state index < -0.39 is 6.10 Å². The fourth-order valence-electron chi connectivity index (χ4n) is 3.15. The summed E-state index contributed by atoms with van der Waals surface area (Å²) in [5.41, 5.74) is 1.60. The first-order chi connectivity index (χ1) is 13.6. The molecule has 0 spiro atoms. The molecule has 8 heteroatoms. The lowest BCUT2D eigenvalue weighted by Crippen LogP contribution is -2.52. The van der Waals surface area contributed by atoms with Gasteiger partial charge in [-0.1, -0.05) is 6.92 Å². The van der Waals surface area contributed by atoms with E-state index in [1.54, 1.807) is 13.2 Å². The van der Waals surface area contributed by atoms with Crippen molar-refractivity contribution in [1.29, 1.82) is 5.26 Å². The SMILES string of the molecule is CCN1CC(C(C#N)Oc2cc(Nc3nc(C)cc(NC)n3)ccc2OC)C1. The quantitative estimate of drug-likeness (QED) is 0.720. The molecule has 2 aromatic rings. The highest BCUT2D eigenvalue weighted by molar-refractivity contribution is 5.60. The molecule has 1 aliphatic rings. The fourth-order valence-corrected chi connectivity index (χ4v) is 3.15. The number of nitriles is 1. The number of nitrogens with one attached hydrogen (secondary N) is 2. The Morgan fingerprint density at radius 1 is 1.29 bits per heavy atom. The summed E-state index contributed by atoms with van der Waals surface area (Å²) in [4.78, 5) is 11.1. The van der Waals surface area contributed by atoms with Crippen molar-refractivity contribution < 1.29 is 9.47 Å². The van der Waals surface area contributed by atoms with Gasteiger partial charge in [-0.3, -0.25) is 0 Å². The van der Waals surface area contributed by atoms with Gasteiger partial charge in [-0.05, 0) is 25.6 Å². The van der Waals surface area contributed by atoms with Crippen LogP contribution < -0.4 is 20.1 Å². The second-order valence-electron chi connectivity index (χ2n) is 6.74. The summed E-state index contributed by atoms with van der Waals surface area (Å²) in [6, 6.07) is 9.62. The van der Waals surface area contributed by atoms with Gasteiger partial charge in [0.25, 0.3) is 0 Å². The summed E-state index contributed by atoms with van der Waals surface area (Å²) >= 11 is 0. The van der Waals surface area contributed by atoms with Crippen LogP contribution in [0.15, 0.2) is 24.3 Å². The molecule has 28 heavy (non-hydrogen) atoms. The topological polar surface area (TPSA) is 95.3 Å². The normalized spacial score (nSPS) is 15.2. The minimum atomic E-state index is -0.516. The van der Waals surface area contributed by atoms with Crippen LogP contribution in [-0.2, 0) is 0 Å². The van der Waals surface area contributed by atoms with E-state index in [4.69, 9.17) is 9.47 Å². The third-order valence-electron chi connectivity index (χ3n) is 4.77. The molecule has 1 unspecified atom stereocenters. The molecule has 3 rings (SSSR count). The second kappa shape index (κ2) is 8.76. The van der Waals surface area contributed by atoms with E-state index in [1.807, 2.05) is 32.2 Å². The smallest absolute Gasteiger partial charge is 0.229 e. The monoisotopic (exact) mass is 382 g/mol. The van der Waals surface area contributed by atoms with Crippen LogP contribution in [0.5, 0.6) is 11.5 Å². The summed E-state index contributed by atoms with van der Waals surface area (Å²) in [6.07, 6.45) is -0.516. The van der Waals surface area contributed by atoms with Crippen molar-refractivity contribution >= 4 is 17.5 Å². The Balaban J connectivity index is 1.78. The zero-order chi connectivity index (χ0) is 20.1. The van der Waals surface area contributed by atoms with E-state index in [0.717, 1.165) is 36.8 Å². The summed E-state index contributed by atoms with van der Waals surface area (Å²) in [5.74, 6) is 2.52. The highest BCUT2D eigenvalue weighted by Crippen LogP contribution is 2.34. The van der Waals surface area contributed by atoms with Crippen LogP contribution in [0.2, 0.25) is 0 Å². The summed E-state index contributed by atoms with van der Waals surface area (Å²) < 4.78 is 11.4. The molecular weight excluding hydrogens is 356 g/mol. The van der Waals surface area contributed by atoms with Crippen molar-refractivity contribution in [3.8, 4) is 17.6 Å². The molecule has 1 aliphatic heterocycles. The van der Waals surface area contributed by atoms with Crippen molar-refractivity contribution in [2.45, 2.75) is 20.0 Å². The number of benzene rings is 1. The van der Waals surface area contributed by atoms with Crippen LogP contribution in [0, 0.1) is 24.2 Å². The maximum absolute atomic E-state index is 9.56. The van der Waals surface area contributed by atoms with Crippen molar-refractivity contribution in [2.75, 3.05) is 44.4 Å². The zero-order valence-corrected chi connectivity index (χ0v) is 16.7. The Labute approximate surface area is 165 Å². The molecule has 0 amide bonds. The second-order valence-corrected chi connectivity index (χ2v) is 6.74. The van der Waals surface area contributed by atoms with E-state index in [9.17, 15) is 5.26 Å². The predicted molar refractivity (Wildman–Crippen MR) is 108 cm³/mol. The number of hydrogen-bond acceptors (Lipinski definition) is 8. The maximum Gasteiger partial charge on any atom is 0.229 e. The van der Waals surface area contributed by atoms with Crippen molar-refractivity contribution in [2.24, 2.45) is 5.92 Å². The van der Waals surface area contributed by atoms with Gasteiger partial charge in [-0.2, -0.15) is 10.2 Å². The van der Waals surface area contributed by atoms with Crippen molar-refractivity contribution in [3.63, 3.8) is 0 Å². The average Bonchev–Trinajstić information content (AvgIpc) is 2.66. The molecular formula is C20H26N6O2. The molecule has 1 atom stereocenters. The van der Waals surface area contributed by atoms with E-state index in [1.165, 1.54) is 0 Å². The standard InChI is InChI=1S/C20H26N6O2/c1-5-26-11-14(12-26)18(10-21)28-17-9-15(6-7-16(17)27-4)24-20-23-13(2)8-19(22-3)25-20/h6-9,14,18H,5,11-12H2,1-4H3,(H2,22,23,24,25). The molecule has 8 nitrogen and oxygen atoms in total. The Morgan fingerprint density at radius 3 is 2.71 bits per heavy atom. The number of rotatable bonds is 8. The van der Waals surface area contributed by atoms with Crippen LogP contribution in [0.4, 0.5) is 17.5 Å². The lowest BCUT2D eigenvalue weighted by Gasteiger charge is -2.40. The van der Waals surface area contributed by atoms with Crippen molar-refractivity contribution in [3.05, 3.63) is 30.0 Å². The molecule has 1 fully saturated rings. The molecule has 2 heterocycles. The third kappa shape index (κ3) is 4.43. The first-order valence-electron chi connectivity index (χ1n) is 9.33. The van der Waals surface area contributed by atoms with Crippen LogP contribution in [0.3, 0.4) is 0 Å². The fraction of sp³-hybridized carbons (Fsp3) is 0.450. The van der Waals surface area contributed by atoms with Gasteiger partial charge in [0.15, 0.2) is 17.6 Å². The van der Waals surface area contributed by atoms with Gasteiger partial charge in [0.2, 0.25) is 5.95 Å². The number of likely N-dealkylation sites (tertiary alicyclic amines) is 1. The highest BCUT2D eigenvalue weighted by Gasteiger charge is 2.34. The zero-order valence-electron chi connectivity index (χ0n) is 16.7. The molecule has 1 saturated heterocycles. The first kappa shape index (κ1) is 19.7. The number of ether oxygens (including phenoxy) is 2. The largest absolute Gasteiger partial charge is 0.493 e. The lowest BCUT2D eigenvalue weighted by molar-refractivity contribution is 0.0369. The molecule has 0 aliphatic carbocycles. The predicted octanol–water partition coefficient (Wildman–Crippen LogP) is 2.80. The number of methoxy groups -OCH3 is 1. The Hall–Kier alpha value is -3.05. The van der Waals surface area contributed by atoms with Gasteiger partial charge < -0.3 is 25.0 Å². The van der Waals surface area contributed by atoms with Crippen LogP contribution in [-0.4, -0.2) is 54.8 Å². The number of nitrogens with zero attached hydrogens (tertiary/aromatic N) is 4. The minimum absolute atomic E-state index is 0.199. The number of aryl methyl sites for hydroxylation is 1.